The van der Waals surface area contributed by atoms with E-state index in [1.807, 2.05) is 0 Å². The van der Waals surface area contributed by atoms with E-state index in [2.05, 4.69) is 15.9 Å². The molecule has 0 saturated carbocycles. The number of aliphatic carboxylic acids is 2. The van der Waals surface area contributed by atoms with Crippen molar-refractivity contribution in [1.82, 2.24) is 0 Å². The Hall–Kier alpha value is -1.44. The number of primary amides is 1. The van der Waals surface area contributed by atoms with Crippen molar-refractivity contribution in [3.05, 3.63) is 0 Å². The molecule has 0 unspecified atom stereocenters. The summed E-state index contributed by atoms with van der Waals surface area (Å²) in [5, 5.41) is 15.7. The zero-order chi connectivity index (χ0) is 13.1. The highest BCUT2D eigenvalue weighted by atomic mass is 79.9. The van der Waals surface area contributed by atoms with Crippen LogP contribution in [0.25, 0.3) is 0 Å². The molecule has 7 nitrogen and oxygen atoms in total. The molecule has 92 valence electrons. The molecule has 0 fully saturated rings. The standard InChI is InChI=1S/C5H8BrNO2.C3H4O4/c6-3-4(8)1-2-5(7)9;4-2(5)1-3(6)7/h1-3H2,(H2,7,9);1H2,(H,4,5)(H,6,7). The van der Waals surface area contributed by atoms with Crippen molar-refractivity contribution in [1.29, 1.82) is 0 Å². The molecule has 0 atom stereocenters. The monoisotopic (exact) mass is 297 g/mol. The van der Waals surface area contributed by atoms with Gasteiger partial charge in [-0.2, -0.15) is 0 Å². The molecule has 0 aliphatic heterocycles. The van der Waals surface area contributed by atoms with Gasteiger partial charge in [-0.1, -0.05) is 15.9 Å². The second-order valence-corrected chi connectivity index (χ2v) is 3.16. The van der Waals surface area contributed by atoms with Crippen LogP contribution in [0, 0.1) is 0 Å². The number of rotatable bonds is 6. The maximum atomic E-state index is 10.5. The Balaban J connectivity index is 0. The highest BCUT2D eigenvalue weighted by molar-refractivity contribution is 9.09. The van der Waals surface area contributed by atoms with Crippen molar-refractivity contribution in [2.24, 2.45) is 5.73 Å². The van der Waals surface area contributed by atoms with E-state index in [0.29, 0.717) is 5.33 Å². The van der Waals surface area contributed by atoms with Gasteiger partial charge < -0.3 is 15.9 Å². The summed E-state index contributed by atoms with van der Waals surface area (Å²) in [4.78, 5) is 39.4. The number of hydrogen-bond acceptors (Lipinski definition) is 4. The van der Waals surface area contributed by atoms with Crippen LogP contribution in [0.15, 0.2) is 0 Å². The van der Waals surface area contributed by atoms with Gasteiger partial charge >= 0.3 is 11.9 Å². The number of halogens is 1. The number of carbonyl (C=O) groups is 4. The van der Waals surface area contributed by atoms with Gasteiger partial charge in [0.05, 0.1) is 5.33 Å². The molecule has 0 heterocycles. The Morgan fingerprint density at radius 1 is 1.00 bits per heavy atom. The number of carboxylic acid groups (broad SMARTS) is 2. The number of ketones is 1. The van der Waals surface area contributed by atoms with Crippen LogP contribution in [-0.2, 0) is 19.2 Å². The topological polar surface area (TPSA) is 135 Å². The van der Waals surface area contributed by atoms with E-state index in [-0.39, 0.29) is 18.6 Å². The molecule has 4 N–H and O–H groups in total. The molecule has 8 heteroatoms. The summed E-state index contributed by atoms with van der Waals surface area (Å²) in [6.07, 6.45) is -0.398. The Kier molecular flexibility index (Phi) is 10.7. The lowest BCUT2D eigenvalue weighted by Crippen LogP contribution is -2.12. The molecule has 0 saturated heterocycles. The van der Waals surface area contributed by atoms with Gasteiger partial charge in [0, 0.05) is 12.8 Å². The predicted octanol–water partition coefficient (Wildman–Crippen LogP) is -0.238. The summed E-state index contributed by atoms with van der Waals surface area (Å²) in [5.74, 6) is -3.04. The molecule has 0 aliphatic rings. The third kappa shape index (κ3) is 18.4. The normalized spacial score (nSPS) is 8.56. The van der Waals surface area contributed by atoms with Crippen LogP contribution in [0.5, 0.6) is 0 Å². The van der Waals surface area contributed by atoms with Gasteiger partial charge in [0.1, 0.15) is 12.2 Å². The lowest BCUT2D eigenvalue weighted by Gasteiger charge is -1.90. The van der Waals surface area contributed by atoms with Crippen LogP contribution >= 0.6 is 15.9 Å². The number of amides is 1. The fourth-order valence-corrected chi connectivity index (χ4v) is 0.739. The minimum Gasteiger partial charge on any atom is -0.481 e. The Labute approximate surface area is 99.7 Å². The van der Waals surface area contributed by atoms with Crippen LogP contribution in [0.3, 0.4) is 0 Å². The van der Waals surface area contributed by atoms with Gasteiger partial charge in [-0.3, -0.25) is 19.2 Å². The second kappa shape index (κ2) is 10.1. The van der Waals surface area contributed by atoms with Crippen molar-refractivity contribution in [2.45, 2.75) is 19.3 Å². The molecule has 0 spiro atoms. The first-order chi connectivity index (χ1) is 7.29. The molecule has 0 radical (unpaired) electrons. The first-order valence-electron chi connectivity index (χ1n) is 4.09. The van der Waals surface area contributed by atoms with Crippen LogP contribution < -0.4 is 5.73 Å². The van der Waals surface area contributed by atoms with E-state index in [1.54, 1.807) is 0 Å². The van der Waals surface area contributed by atoms with Crippen molar-refractivity contribution in [3.8, 4) is 0 Å². The summed E-state index contributed by atoms with van der Waals surface area (Å²) in [7, 11) is 0. The number of Topliss-reactive ketones (excluding diaryl/α,β-unsaturated/α-hetero) is 1. The van der Waals surface area contributed by atoms with E-state index in [9.17, 15) is 19.2 Å². The number of nitrogens with two attached hydrogens (primary N) is 1. The van der Waals surface area contributed by atoms with Crippen molar-refractivity contribution in [2.75, 3.05) is 5.33 Å². The van der Waals surface area contributed by atoms with Gasteiger partial charge in [-0.05, 0) is 0 Å². The predicted molar refractivity (Wildman–Crippen MR) is 57.1 cm³/mol. The fourth-order valence-electron chi connectivity index (χ4n) is 0.459. The first kappa shape index (κ1) is 17.0. The lowest BCUT2D eigenvalue weighted by atomic mass is 10.2. The summed E-state index contributed by atoms with van der Waals surface area (Å²) in [6, 6.07) is 0. The summed E-state index contributed by atoms with van der Waals surface area (Å²) < 4.78 is 0. The minimum absolute atomic E-state index is 0.00815. The largest absolute Gasteiger partial charge is 0.481 e. The molecule has 0 aromatic rings. The van der Waals surface area contributed by atoms with E-state index >= 15 is 0 Å². The van der Waals surface area contributed by atoms with E-state index < -0.39 is 24.3 Å². The molecular weight excluding hydrogens is 286 g/mol. The van der Waals surface area contributed by atoms with Crippen molar-refractivity contribution in [3.63, 3.8) is 0 Å². The number of carboxylic acids is 2. The first-order valence-corrected chi connectivity index (χ1v) is 5.21. The minimum atomic E-state index is -1.31. The maximum Gasteiger partial charge on any atom is 0.314 e. The zero-order valence-electron chi connectivity index (χ0n) is 8.31. The SMILES string of the molecule is NC(=O)CCC(=O)CBr.O=C(O)CC(=O)O. The average molecular weight is 298 g/mol. The summed E-state index contributed by atoms with van der Waals surface area (Å²) >= 11 is 2.96. The van der Waals surface area contributed by atoms with E-state index in [1.165, 1.54) is 0 Å². The Morgan fingerprint density at radius 2 is 1.44 bits per heavy atom. The van der Waals surface area contributed by atoms with E-state index in [0.717, 1.165) is 0 Å². The zero-order valence-corrected chi connectivity index (χ0v) is 9.90. The highest BCUT2D eigenvalue weighted by Gasteiger charge is 2.01. The third-order valence-electron chi connectivity index (χ3n) is 1.10. The van der Waals surface area contributed by atoms with Gasteiger partial charge in [-0.15, -0.1) is 0 Å². The van der Waals surface area contributed by atoms with Gasteiger partial charge in [0.15, 0.2) is 0 Å². The molecule has 0 aromatic heterocycles. The van der Waals surface area contributed by atoms with Gasteiger partial charge in [-0.25, -0.2) is 0 Å². The average Bonchev–Trinajstić information content (AvgIpc) is 2.12. The van der Waals surface area contributed by atoms with Crippen LogP contribution in [0.1, 0.15) is 19.3 Å². The molecule has 0 aromatic carbocycles. The van der Waals surface area contributed by atoms with Crippen molar-refractivity contribution >= 4 is 39.6 Å². The van der Waals surface area contributed by atoms with Gasteiger partial charge in [0.2, 0.25) is 5.91 Å². The number of carbonyl (C=O) groups excluding carboxylic acids is 2. The molecule has 0 rings (SSSR count). The molecule has 0 aliphatic carbocycles. The van der Waals surface area contributed by atoms with E-state index in [4.69, 9.17) is 15.9 Å². The molecule has 0 bridgehead atoms. The van der Waals surface area contributed by atoms with Crippen LogP contribution in [0.4, 0.5) is 0 Å². The maximum absolute atomic E-state index is 10.5. The smallest absolute Gasteiger partial charge is 0.314 e. The molecule has 16 heavy (non-hydrogen) atoms. The quantitative estimate of drug-likeness (QED) is 0.457. The van der Waals surface area contributed by atoms with Crippen LogP contribution in [0.2, 0.25) is 0 Å². The Morgan fingerprint density at radius 3 is 1.62 bits per heavy atom. The summed E-state index contributed by atoms with van der Waals surface area (Å²) in [5.41, 5.74) is 4.79. The van der Waals surface area contributed by atoms with Crippen LogP contribution in [-0.4, -0.2) is 39.2 Å². The molecular formula is C8H12BrNO6. The highest BCUT2D eigenvalue weighted by Crippen LogP contribution is 1.92. The Bertz CT molecular complexity index is 266. The number of hydrogen-bond donors (Lipinski definition) is 3. The molecule has 1 amide bonds. The lowest BCUT2D eigenvalue weighted by molar-refractivity contribution is -0.147. The second-order valence-electron chi connectivity index (χ2n) is 2.60. The number of alkyl halides is 1. The fraction of sp³-hybridized carbons (Fsp3) is 0.500. The van der Waals surface area contributed by atoms with Gasteiger partial charge in [0.25, 0.3) is 0 Å². The van der Waals surface area contributed by atoms with Crippen molar-refractivity contribution < 1.29 is 29.4 Å². The third-order valence-corrected chi connectivity index (χ3v) is 1.73. The summed E-state index contributed by atoms with van der Waals surface area (Å²) in [6.45, 7) is 0.